The van der Waals surface area contributed by atoms with E-state index in [1.54, 1.807) is 13.8 Å². The first-order chi connectivity index (χ1) is 8.25. The van der Waals surface area contributed by atoms with Crippen LogP contribution in [0.3, 0.4) is 0 Å². The quantitative estimate of drug-likeness (QED) is 0.904. The Morgan fingerprint density at radius 1 is 1.28 bits per heavy atom. The highest BCUT2D eigenvalue weighted by Crippen LogP contribution is 2.17. The fourth-order valence-electron chi connectivity index (χ4n) is 1.39. The summed E-state index contributed by atoms with van der Waals surface area (Å²) in [6.07, 6.45) is 0. The minimum absolute atomic E-state index is 0.150. The fourth-order valence-corrected chi connectivity index (χ4v) is 2.69. The van der Waals surface area contributed by atoms with Gasteiger partial charge < -0.3 is 5.32 Å². The van der Waals surface area contributed by atoms with E-state index in [-0.39, 0.29) is 10.9 Å². The van der Waals surface area contributed by atoms with Crippen molar-refractivity contribution in [3.8, 4) is 0 Å². The second-order valence-electron chi connectivity index (χ2n) is 4.31. The summed E-state index contributed by atoms with van der Waals surface area (Å²) in [7, 11) is -3.86. The molecule has 1 rings (SSSR count). The molecule has 18 heavy (non-hydrogen) atoms. The summed E-state index contributed by atoms with van der Waals surface area (Å²) >= 11 is 0. The molecular weight excluding hydrogens is 257 g/mol. The zero-order chi connectivity index (χ0) is 13.9. The van der Waals surface area contributed by atoms with Crippen LogP contribution in [0.4, 0.5) is 4.39 Å². The Bertz CT molecular complexity index is 540. The van der Waals surface area contributed by atoms with Crippen molar-refractivity contribution in [1.82, 2.24) is 5.32 Å². The smallest absolute Gasteiger partial charge is 0.238 e. The number of amides is 1. The lowest BCUT2D eigenvalue weighted by molar-refractivity contribution is -0.120. The highest BCUT2D eigenvalue weighted by Gasteiger charge is 2.30. The lowest BCUT2D eigenvalue weighted by Gasteiger charge is -2.15. The summed E-state index contributed by atoms with van der Waals surface area (Å²) in [4.78, 5) is 11.5. The normalized spacial score (nSPS) is 13.4. The zero-order valence-corrected chi connectivity index (χ0v) is 11.3. The molecule has 1 unspecified atom stereocenters. The Morgan fingerprint density at radius 3 is 2.39 bits per heavy atom. The standard InChI is InChI=1S/C12H16FNO3S/c1-8(2)14-12(15)9(3)18(16,17)11-6-4-5-10(13)7-11/h4-9H,1-3H3,(H,14,15). The summed E-state index contributed by atoms with van der Waals surface area (Å²) in [5, 5.41) is 1.27. The molecule has 1 atom stereocenters. The second-order valence-corrected chi connectivity index (χ2v) is 6.58. The van der Waals surface area contributed by atoms with E-state index in [0.29, 0.717) is 0 Å². The first kappa shape index (κ1) is 14.6. The molecule has 0 aliphatic rings. The van der Waals surface area contributed by atoms with Crippen LogP contribution >= 0.6 is 0 Å². The number of sulfone groups is 1. The Kier molecular flexibility index (Phi) is 4.45. The molecule has 1 aromatic rings. The van der Waals surface area contributed by atoms with Crippen molar-refractivity contribution in [2.75, 3.05) is 0 Å². The van der Waals surface area contributed by atoms with Crippen LogP contribution in [0.15, 0.2) is 29.2 Å². The monoisotopic (exact) mass is 273 g/mol. The summed E-state index contributed by atoms with van der Waals surface area (Å²) in [5.41, 5.74) is 0. The van der Waals surface area contributed by atoms with Crippen molar-refractivity contribution in [2.24, 2.45) is 0 Å². The molecule has 100 valence electrons. The molecule has 6 heteroatoms. The van der Waals surface area contributed by atoms with E-state index in [2.05, 4.69) is 5.32 Å². The predicted octanol–water partition coefficient (Wildman–Crippen LogP) is 1.51. The molecule has 0 aromatic heterocycles. The highest BCUT2D eigenvalue weighted by atomic mass is 32.2. The van der Waals surface area contributed by atoms with Gasteiger partial charge in [-0.3, -0.25) is 4.79 Å². The van der Waals surface area contributed by atoms with Crippen LogP contribution in [0.25, 0.3) is 0 Å². The first-order valence-corrected chi connectivity index (χ1v) is 7.09. The van der Waals surface area contributed by atoms with E-state index < -0.39 is 26.8 Å². The summed E-state index contributed by atoms with van der Waals surface area (Å²) in [5.74, 6) is -1.23. The van der Waals surface area contributed by atoms with Gasteiger partial charge in [0.05, 0.1) is 4.90 Å². The molecular formula is C12H16FNO3S. The van der Waals surface area contributed by atoms with Gasteiger partial charge in [-0.15, -0.1) is 0 Å². The molecule has 0 aliphatic heterocycles. The Hall–Kier alpha value is -1.43. The minimum Gasteiger partial charge on any atom is -0.353 e. The molecule has 4 nitrogen and oxygen atoms in total. The van der Waals surface area contributed by atoms with Crippen LogP contribution in [-0.4, -0.2) is 25.6 Å². The maximum Gasteiger partial charge on any atom is 0.238 e. The average Bonchev–Trinajstić information content (AvgIpc) is 2.27. The van der Waals surface area contributed by atoms with E-state index in [0.717, 1.165) is 12.1 Å². The van der Waals surface area contributed by atoms with Crippen LogP contribution < -0.4 is 5.32 Å². The van der Waals surface area contributed by atoms with Crippen molar-refractivity contribution < 1.29 is 17.6 Å². The molecule has 0 saturated carbocycles. The molecule has 1 N–H and O–H groups in total. The number of carbonyl (C=O) groups excluding carboxylic acids is 1. The largest absolute Gasteiger partial charge is 0.353 e. The Balaban J connectivity index is 3.04. The van der Waals surface area contributed by atoms with E-state index in [4.69, 9.17) is 0 Å². The van der Waals surface area contributed by atoms with Crippen LogP contribution in [-0.2, 0) is 14.6 Å². The van der Waals surface area contributed by atoms with E-state index in [1.807, 2.05) is 0 Å². The number of rotatable bonds is 4. The van der Waals surface area contributed by atoms with Gasteiger partial charge in [0.15, 0.2) is 9.84 Å². The lowest BCUT2D eigenvalue weighted by atomic mass is 10.3. The van der Waals surface area contributed by atoms with Gasteiger partial charge in [-0.1, -0.05) is 6.07 Å². The molecule has 0 fully saturated rings. The van der Waals surface area contributed by atoms with Gasteiger partial charge in [-0.05, 0) is 39.0 Å². The van der Waals surface area contributed by atoms with Crippen molar-refractivity contribution in [1.29, 1.82) is 0 Å². The van der Waals surface area contributed by atoms with Gasteiger partial charge >= 0.3 is 0 Å². The van der Waals surface area contributed by atoms with Gasteiger partial charge in [0.25, 0.3) is 0 Å². The number of halogens is 1. The molecule has 0 radical (unpaired) electrons. The average molecular weight is 273 g/mol. The van der Waals surface area contributed by atoms with Crippen molar-refractivity contribution in [2.45, 2.75) is 37.0 Å². The van der Waals surface area contributed by atoms with Gasteiger partial charge in [0.1, 0.15) is 11.1 Å². The number of benzene rings is 1. The van der Waals surface area contributed by atoms with Crippen molar-refractivity contribution in [3.05, 3.63) is 30.1 Å². The summed E-state index contributed by atoms with van der Waals surface area (Å²) < 4.78 is 37.2. The third-order valence-corrected chi connectivity index (χ3v) is 4.45. The van der Waals surface area contributed by atoms with E-state index in [1.165, 1.54) is 19.1 Å². The lowest BCUT2D eigenvalue weighted by Crippen LogP contribution is -2.41. The molecule has 1 amide bonds. The van der Waals surface area contributed by atoms with E-state index in [9.17, 15) is 17.6 Å². The van der Waals surface area contributed by atoms with Gasteiger partial charge in [-0.2, -0.15) is 0 Å². The third kappa shape index (κ3) is 3.29. The Labute approximate surface area is 106 Å². The van der Waals surface area contributed by atoms with E-state index >= 15 is 0 Å². The third-order valence-electron chi connectivity index (χ3n) is 2.39. The number of hydrogen-bond acceptors (Lipinski definition) is 3. The molecule has 0 saturated heterocycles. The molecule has 0 bridgehead atoms. The number of carbonyl (C=O) groups is 1. The van der Waals surface area contributed by atoms with Gasteiger partial charge in [-0.25, -0.2) is 12.8 Å². The number of hydrogen-bond donors (Lipinski definition) is 1. The first-order valence-electron chi connectivity index (χ1n) is 5.55. The molecule has 0 spiro atoms. The van der Waals surface area contributed by atoms with Crippen LogP contribution in [0, 0.1) is 5.82 Å². The van der Waals surface area contributed by atoms with Crippen LogP contribution in [0.1, 0.15) is 20.8 Å². The van der Waals surface area contributed by atoms with Gasteiger partial charge in [0.2, 0.25) is 5.91 Å². The summed E-state index contributed by atoms with van der Waals surface area (Å²) in [6.45, 7) is 4.76. The topological polar surface area (TPSA) is 63.2 Å². The van der Waals surface area contributed by atoms with Crippen molar-refractivity contribution in [3.63, 3.8) is 0 Å². The zero-order valence-electron chi connectivity index (χ0n) is 10.5. The maximum atomic E-state index is 13.0. The molecule has 0 aliphatic carbocycles. The minimum atomic E-state index is -3.86. The fraction of sp³-hybridized carbons (Fsp3) is 0.417. The maximum absolute atomic E-state index is 13.0. The Morgan fingerprint density at radius 2 is 1.89 bits per heavy atom. The second kappa shape index (κ2) is 5.48. The molecule has 1 aromatic carbocycles. The molecule has 0 heterocycles. The summed E-state index contributed by atoms with van der Waals surface area (Å²) in [6, 6.07) is 4.49. The number of nitrogens with one attached hydrogen (secondary N) is 1. The SMILES string of the molecule is CC(C)NC(=O)C(C)S(=O)(=O)c1cccc(F)c1. The van der Waals surface area contributed by atoms with Crippen LogP contribution in [0.2, 0.25) is 0 Å². The van der Waals surface area contributed by atoms with Crippen molar-refractivity contribution >= 4 is 15.7 Å². The highest BCUT2D eigenvalue weighted by molar-refractivity contribution is 7.92. The van der Waals surface area contributed by atoms with Gasteiger partial charge in [0, 0.05) is 6.04 Å². The van der Waals surface area contributed by atoms with Crippen LogP contribution in [0.5, 0.6) is 0 Å². The predicted molar refractivity (Wildman–Crippen MR) is 66.3 cm³/mol.